The fourth-order valence-electron chi connectivity index (χ4n) is 6.85. The van der Waals surface area contributed by atoms with Gasteiger partial charge in [-0.2, -0.15) is 0 Å². The third kappa shape index (κ3) is 12.9. The van der Waals surface area contributed by atoms with E-state index in [4.69, 9.17) is 0 Å². The molecule has 0 aliphatic carbocycles. The van der Waals surface area contributed by atoms with Crippen molar-refractivity contribution >= 4 is 29.0 Å². The maximum atomic E-state index is 4.40. The Bertz CT molecular complexity index is 2190. The Kier molecular flexibility index (Phi) is 23.2. The predicted octanol–water partition coefficient (Wildman–Crippen LogP) is 16.2. The average molecular weight is 745 g/mol. The molecule has 0 heterocycles. The Balaban J connectivity index is 0.00000214. The fourth-order valence-corrected chi connectivity index (χ4v) is 6.85. The number of fused-ring (bicyclic) bond motifs is 1. The first kappa shape index (κ1) is 48.8. The van der Waals surface area contributed by atoms with Crippen LogP contribution in [-0.2, 0) is 6.42 Å². The van der Waals surface area contributed by atoms with Gasteiger partial charge in [0.25, 0.3) is 0 Å². The highest BCUT2D eigenvalue weighted by molar-refractivity contribution is 5.95. The molecule has 0 aliphatic rings. The van der Waals surface area contributed by atoms with Crippen molar-refractivity contribution in [3.63, 3.8) is 0 Å². The summed E-state index contributed by atoms with van der Waals surface area (Å²) < 4.78 is 0. The van der Waals surface area contributed by atoms with Crippen LogP contribution in [-0.4, -0.2) is 0 Å². The number of hydrogen-bond donors (Lipinski definition) is 0. The molecule has 0 nitrogen and oxygen atoms in total. The second-order valence-electron chi connectivity index (χ2n) is 12.9. The van der Waals surface area contributed by atoms with Gasteiger partial charge >= 0.3 is 0 Å². The van der Waals surface area contributed by atoms with E-state index in [9.17, 15) is 0 Å². The van der Waals surface area contributed by atoms with Crippen LogP contribution in [0.15, 0.2) is 151 Å². The third-order valence-corrected chi connectivity index (χ3v) is 9.51. The van der Waals surface area contributed by atoms with Gasteiger partial charge < -0.3 is 0 Å². The van der Waals surface area contributed by atoms with Crippen LogP contribution < -0.4 is 10.4 Å². The Labute approximate surface area is 343 Å². The van der Waals surface area contributed by atoms with Crippen molar-refractivity contribution in [3.05, 3.63) is 184 Å². The van der Waals surface area contributed by atoms with Crippen LogP contribution in [0, 0.1) is 13.8 Å². The first-order valence-corrected chi connectivity index (χ1v) is 20.7. The molecule has 0 fully saturated rings. The zero-order valence-electron chi connectivity index (χ0n) is 36.0. The molecule has 5 aromatic carbocycles. The molecule has 0 atom stereocenters. The molecule has 0 amide bonds. The zero-order chi connectivity index (χ0) is 40.8. The van der Waals surface area contributed by atoms with E-state index in [0.29, 0.717) is 0 Å². The average Bonchev–Trinajstić information content (AvgIpc) is 3.23. The lowest BCUT2D eigenvalue weighted by atomic mass is 9.84. The Morgan fingerprint density at radius 3 is 1.82 bits per heavy atom. The highest BCUT2D eigenvalue weighted by Gasteiger charge is 2.16. The first-order chi connectivity index (χ1) is 26.9. The molecular formula is C56H72. The van der Waals surface area contributed by atoms with Crippen molar-refractivity contribution in [2.75, 3.05) is 0 Å². The summed E-state index contributed by atoms with van der Waals surface area (Å²) in [6.07, 6.45) is 10.5. The molecule has 0 bridgehead atoms. The minimum Gasteiger partial charge on any atom is -0.0991 e. The molecule has 56 heavy (non-hydrogen) atoms. The van der Waals surface area contributed by atoms with Crippen molar-refractivity contribution in [2.45, 2.75) is 109 Å². The number of hydrogen-bond acceptors (Lipinski definition) is 0. The van der Waals surface area contributed by atoms with Gasteiger partial charge in [0.05, 0.1) is 0 Å². The quantitative estimate of drug-likeness (QED) is 0.125. The van der Waals surface area contributed by atoms with Gasteiger partial charge in [-0.15, -0.1) is 0 Å². The number of allylic oxidation sites excluding steroid dienone is 5. The van der Waals surface area contributed by atoms with E-state index in [1.807, 2.05) is 47.6 Å². The first-order valence-electron chi connectivity index (χ1n) is 20.7. The van der Waals surface area contributed by atoms with Crippen molar-refractivity contribution in [2.24, 2.45) is 0 Å². The summed E-state index contributed by atoms with van der Waals surface area (Å²) in [5, 5.41) is 4.69. The summed E-state index contributed by atoms with van der Waals surface area (Å²) >= 11 is 0. The lowest BCUT2D eigenvalue weighted by molar-refractivity contribution is 0.905. The Morgan fingerprint density at radius 2 is 1.20 bits per heavy atom. The second kappa shape index (κ2) is 26.6. The molecule has 5 aromatic rings. The maximum absolute atomic E-state index is 4.40. The van der Waals surface area contributed by atoms with Gasteiger partial charge in [0.1, 0.15) is 0 Å². The summed E-state index contributed by atoms with van der Waals surface area (Å²) in [7, 11) is 0. The highest BCUT2D eigenvalue weighted by Crippen LogP contribution is 2.36. The van der Waals surface area contributed by atoms with E-state index >= 15 is 0 Å². The van der Waals surface area contributed by atoms with Gasteiger partial charge in [-0.05, 0) is 128 Å². The summed E-state index contributed by atoms with van der Waals surface area (Å²) in [6, 6.07) is 43.9. The van der Waals surface area contributed by atoms with E-state index < -0.39 is 0 Å². The van der Waals surface area contributed by atoms with E-state index in [-0.39, 0.29) is 7.43 Å². The number of aryl methyl sites for hydroxylation is 1. The summed E-state index contributed by atoms with van der Waals surface area (Å²) in [6.45, 7) is 31.9. The summed E-state index contributed by atoms with van der Waals surface area (Å²) in [4.78, 5) is 0. The lowest BCUT2D eigenvalue weighted by Gasteiger charge is -2.20. The van der Waals surface area contributed by atoms with Gasteiger partial charge in [0.15, 0.2) is 0 Å². The molecule has 296 valence electrons. The number of rotatable bonds is 10. The third-order valence-electron chi connectivity index (χ3n) is 9.51. The second-order valence-corrected chi connectivity index (χ2v) is 12.9. The molecule has 5 rings (SSSR count). The van der Waals surface area contributed by atoms with Crippen molar-refractivity contribution in [3.8, 4) is 22.3 Å². The Hall–Kier alpha value is -5.20. The highest BCUT2D eigenvalue weighted by atomic mass is 14.2. The molecule has 0 aliphatic heterocycles. The standard InChI is InChI=1S/C49H50.3C2H6.CH4/c1-8-18-39(19-9-2)37(6)48(34-43-24-15-14-21-35(43)4)49-36(5)22-12-11-13-26-46(38(7)47(49)20-10-3)42-30-27-41(28-31-42)45-32-29-40-23-16-17-25-44(40)33-45;3*1-2;/h8,11-18,21-34H,1,4,9-10,19-20H2,2-3,5-7H3;3*1-2H3;1H4/b12-11?,13-11?,22-12?,26-13?,36-22?,39-18+,43-34-,46-26?,46-38?,47-38?,48-37-,49-36?,49-47?;;;;. The van der Waals surface area contributed by atoms with Crippen LogP contribution in [0.5, 0.6) is 0 Å². The largest absolute Gasteiger partial charge is 0.0991 e. The topological polar surface area (TPSA) is 0 Å². The van der Waals surface area contributed by atoms with E-state index in [2.05, 4.69) is 181 Å². The van der Waals surface area contributed by atoms with Crippen LogP contribution >= 0.6 is 0 Å². The van der Waals surface area contributed by atoms with Crippen LogP contribution in [0.1, 0.15) is 111 Å². The van der Waals surface area contributed by atoms with Crippen LogP contribution in [0.3, 0.4) is 0 Å². The molecule has 0 saturated carbocycles. The zero-order valence-corrected chi connectivity index (χ0v) is 36.0. The van der Waals surface area contributed by atoms with E-state index in [1.165, 1.54) is 72.0 Å². The van der Waals surface area contributed by atoms with Crippen molar-refractivity contribution < 1.29 is 0 Å². The number of benzene rings is 4. The molecule has 0 N–H and O–H groups in total. The lowest BCUT2D eigenvalue weighted by Crippen LogP contribution is -2.22. The Morgan fingerprint density at radius 1 is 0.625 bits per heavy atom. The van der Waals surface area contributed by atoms with Crippen LogP contribution in [0.25, 0.3) is 51.3 Å². The summed E-state index contributed by atoms with van der Waals surface area (Å²) in [5.41, 5.74) is 14.0. The maximum Gasteiger partial charge on any atom is -0.0117 e. The van der Waals surface area contributed by atoms with Gasteiger partial charge in [-0.3, -0.25) is 0 Å². The SMILES string of the molecule is C.C=C/C=C(CCC)/C(C)=C(/C=c1/ccccc1=C)c1c(C)cccccc(-c2ccc(-c3ccc4ccccc4c3)cc2)c(C)c1CCC.CC.CC.CC. The molecule has 0 saturated heterocycles. The van der Waals surface area contributed by atoms with Gasteiger partial charge in [0.2, 0.25) is 0 Å². The monoisotopic (exact) mass is 745 g/mol. The van der Waals surface area contributed by atoms with Crippen molar-refractivity contribution in [1.29, 1.82) is 0 Å². The fraction of sp³-hybridized carbons (Fsp3) is 0.286. The van der Waals surface area contributed by atoms with Crippen LogP contribution in [0.4, 0.5) is 0 Å². The summed E-state index contributed by atoms with van der Waals surface area (Å²) in [5.74, 6) is 0. The molecule has 0 spiro atoms. The molecule has 0 radical (unpaired) electrons. The predicted molar refractivity (Wildman–Crippen MR) is 258 cm³/mol. The van der Waals surface area contributed by atoms with E-state index in [0.717, 1.165) is 36.1 Å². The van der Waals surface area contributed by atoms with E-state index in [1.54, 1.807) is 0 Å². The van der Waals surface area contributed by atoms with Crippen LogP contribution in [0.2, 0.25) is 0 Å². The molecular weight excluding hydrogens is 673 g/mol. The van der Waals surface area contributed by atoms with Gasteiger partial charge in [-0.25, -0.2) is 0 Å². The smallest absolute Gasteiger partial charge is 0.0117 e. The minimum absolute atomic E-state index is 0. The molecule has 0 unspecified atom stereocenters. The van der Waals surface area contributed by atoms with Gasteiger partial charge in [-0.1, -0.05) is 216 Å². The molecule has 0 heteroatoms. The molecule has 0 aromatic heterocycles. The van der Waals surface area contributed by atoms with Gasteiger partial charge in [0, 0.05) is 0 Å². The van der Waals surface area contributed by atoms with Crippen molar-refractivity contribution in [1.82, 2.24) is 0 Å². The minimum atomic E-state index is 0. The normalized spacial score (nSPS) is 11.2.